The van der Waals surface area contributed by atoms with Crippen molar-refractivity contribution in [3.05, 3.63) is 11.9 Å². The molecule has 0 radical (unpaired) electrons. The molecular weight excluding hydrogens is 260 g/mol. The van der Waals surface area contributed by atoms with E-state index in [9.17, 15) is 9.59 Å². The third kappa shape index (κ3) is 3.15. The smallest absolute Gasteiger partial charge is 0.325 e. The third-order valence-electron chi connectivity index (χ3n) is 3.76. The normalized spacial score (nSPS) is 19.4. The molecule has 1 atom stereocenters. The molecule has 7 nitrogen and oxygen atoms in total. The van der Waals surface area contributed by atoms with Crippen LogP contribution in [0.25, 0.3) is 0 Å². The number of carboxylic acids is 1. The molecule has 1 fully saturated rings. The molecule has 1 N–H and O–H groups in total. The lowest BCUT2D eigenvalue weighted by Gasteiger charge is -2.26. The summed E-state index contributed by atoms with van der Waals surface area (Å²) in [6.45, 7) is 7.67. The molecular formula is C13H20N4O3. The van der Waals surface area contributed by atoms with Crippen molar-refractivity contribution in [1.82, 2.24) is 19.9 Å². The number of carbonyl (C=O) groups excluding carboxylic acids is 1. The molecule has 0 saturated carbocycles. The molecule has 2 rings (SSSR count). The average molecular weight is 280 g/mol. The minimum absolute atomic E-state index is 0.173. The van der Waals surface area contributed by atoms with E-state index >= 15 is 0 Å². The molecule has 0 aliphatic carbocycles. The van der Waals surface area contributed by atoms with Gasteiger partial charge in [-0.2, -0.15) is 0 Å². The number of nitrogens with zero attached hydrogens (tertiary/aromatic N) is 4. The SMILES string of the molecule is CC(C)(C)C1CCN(C(=O)c2cn(CC(=O)O)nn2)C1. The fourth-order valence-electron chi connectivity index (χ4n) is 2.43. The zero-order chi connectivity index (χ0) is 14.9. The summed E-state index contributed by atoms with van der Waals surface area (Å²) in [5.74, 6) is -0.711. The highest BCUT2D eigenvalue weighted by Crippen LogP contribution is 2.33. The Kier molecular flexibility index (Phi) is 3.78. The van der Waals surface area contributed by atoms with Crippen LogP contribution in [0.15, 0.2) is 6.20 Å². The average Bonchev–Trinajstić information content (AvgIpc) is 2.94. The second-order valence-electron chi connectivity index (χ2n) is 6.30. The quantitative estimate of drug-likeness (QED) is 0.887. The zero-order valence-corrected chi connectivity index (χ0v) is 12.0. The summed E-state index contributed by atoms with van der Waals surface area (Å²) in [6, 6.07) is 0. The lowest BCUT2D eigenvalue weighted by Crippen LogP contribution is -2.31. The number of rotatable bonds is 3. The van der Waals surface area contributed by atoms with E-state index in [1.54, 1.807) is 4.90 Å². The Balaban J connectivity index is 2.02. The fourth-order valence-corrected chi connectivity index (χ4v) is 2.43. The summed E-state index contributed by atoms with van der Waals surface area (Å²) in [4.78, 5) is 24.6. The number of aliphatic carboxylic acids is 1. The van der Waals surface area contributed by atoms with Crippen LogP contribution in [0.4, 0.5) is 0 Å². The van der Waals surface area contributed by atoms with Crippen molar-refractivity contribution in [3.8, 4) is 0 Å². The van der Waals surface area contributed by atoms with Crippen molar-refractivity contribution in [2.75, 3.05) is 13.1 Å². The van der Waals surface area contributed by atoms with Crippen molar-refractivity contribution in [3.63, 3.8) is 0 Å². The molecule has 1 aliphatic heterocycles. The summed E-state index contributed by atoms with van der Waals surface area (Å²) in [5, 5.41) is 16.1. The van der Waals surface area contributed by atoms with Crippen LogP contribution in [0.3, 0.4) is 0 Å². The second-order valence-corrected chi connectivity index (χ2v) is 6.30. The van der Waals surface area contributed by atoms with Crippen LogP contribution >= 0.6 is 0 Å². The highest BCUT2D eigenvalue weighted by atomic mass is 16.4. The van der Waals surface area contributed by atoms with Crippen molar-refractivity contribution in [1.29, 1.82) is 0 Å². The summed E-state index contributed by atoms with van der Waals surface area (Å²) < 4.78 is 1.16. The van der Waals surface area contributed by atoms with Gasteiger partial charge in [-0.1, -0.05) is 26.0 Å². The van der Waals surface area contributed by atoms with E-state index in [2.05, 4.69) is 31.1 Å². The Hall–Kier alpha value is -1.92. The monoisotopic (exact) mass is 280 g/mol. The highest BCUT2D eigenvalue weighted by molar-refractivity contribution is 5.92. The van der Waals surface area contributed by atoms with E-state index < -0.39 is 5.97 Å². The molecule has 1 amide bonds. The summed E-state index contributed by atoms with van der Waals surface area (Å²) in [7, 11) is 0. The highest BCUT2D eigenvalue weighted by Gasteiger charge is 2.34. The molecule has 0 aromatic carbocycles. The van der Waals surface area contributed by atoms with Crippen molar-refractivity contribution in [2.24, 2.45) is 11.3 Å². The van der Waals surface area contributed by atoms with E-state index in [4.69, 9.17) is 5.11 Å². The molecule has 7 heteroatoms. The van der Waals surface area contributed by atoms with Crippen LogP contribution in [-0.2, 0) is 11.3 Å². The Labute approximate surface area is 117 Å². The van der Waals surface area contributed by atoms with Gasteiger partial charge in [0.05, 0.1) is 6.20 Å². The Bertz CT molecular complexity index is 518. The van der Waals surface area contributed by atoms with Gasteiger partial charge in [-0.05, 0) is 17.8 Å². The number of hydrogen-bond acceptors (Lipinski definition) is 4. The van der Waals surface area contributed by atoms with E-state index in [0.29, 0.717) is 19.0 Å². The summed E-state index contributed by atoms with van der Waals surface area (Å²) in [6.07, 6.45) is 2.37. The minimum atomic E-state index is -1.01. The lowest BCUT2D eigenvalue weighted by molar-refractivity contribution is -0.137. The predicted molar refractivity (Wildman–Crippen MR) is 71.1 cm³/mol. The van der Waals surface area contributed by atoms with E-state index in [-0.39, 0.29) is 23.6 Å². The number of aromatic nitrogens is 3. The van der Waals surface area contributed by atoms with Gasteiger partial charge >= 0.3 is 5.97 Å². The number of carbonyl (C=O) groups is 2. The van der Waals surface area contributed by atoms with Crippen LogP contribution in [0.1, 0.15) is 37.7 Å². The Morgan fingerprint density at radius 3 is 2.70 bits per heavy atom. The van der Waals surface area contributed by atoms with E-state index in [1.807, 2.05) is 0 Å². The van der Waals surface area contributed by atoms with Crippen LogP contribution in [-0.4, -0.2) is 50.0 Å². The second kappa shape index (κ2) is 5.22. The van der Waals surface area contributed by atoms with Gasteiger partial charge in [0.2, 0.25) is 0 Å². The first-order chi connectivity index (χ1) is 9.27. The molecule has 0 spiro atoms. The summed E-state index contributed by atoms with van der Waals surface area (Å²) in [5.41, 5.74) is 0.386. The van der Waals surface area contributed by atoms with Gasteiger partial charge in [0, 0.05) is 13.1 Å². The van der Waals surface area contributed by atoms with Crippen LogP contribution < -0.4 is 0 Å². The number of likely N-dealkylation sites (tertiary alicyclic amines) is 1. The molecule has 0 bridgehead atoms. The fraction of sp³-hybridized carbons (Fsp3) is 0.692. The maximum absolute atomic E-state index is 12.3. The standard InChI is InChI=1S/C13H20N4O3/c1-13(2,3)9-4-5-16(6-9)12(20)10-7-17(15-14-10)8-11(18)19/h7,9H,4-6,8H2,1-3H3,(H,18,19). The first-order valence-electron chi connectivity index (χ1n) is 6.68. The molecule has 1 aromatic rings. The van der Waals surface area contributed by atoms with Gasteiger partial charge < -0.3 is 10.0 Å². The molecule has 110 valence electrons. The van der Waals surface area contributed by atoms with Crippen molar-refractivity contribution in [2.45, 2.75) is 33.7 Å². The number of carboxylic acid groups (broad SMARTS) is 1. The van der Waals surface area contributed by atoms with Crippen LogP contribution in [0, 0.1) is 11.3 Å². The molecule has 1 aromatic heterocycles. The topological polar surface area (TPSA) is 88.3 Å². The molecule has 20 heavy (non-hydrogen) atoms. The van der Waals surface area contributed by atoms with Gasteiger partial charge in [0.25, 0.3) is 5.91 Å². The summed E-state index contributed by atoms with van der Waals surface area (Å²) >= 11 is 0. The first kappa shape index (κ1) is 14.5. The maximum Gasteiger partial charge on any atom is 0.325 e. The van der Waals surface area contributed by atoms with Gasteiger partial charge in [-0.25, -0.2) is 4.68 Å². The molecule has 1 unspecified atom stereocenters. The minimum Gasteiger partial charge on any atom is -0.480 e. The van der Waals surface area contributed by atoms with E-state index in [1.165, 1.54) is 6.20 Å². The maximum atomic E-state index is 12.3. The van der Waals surface area contributed by atoms with Crippen molar-refractivity contribution < 1.29 is 14.7 Å². The molecule has 2 heterocycles. The predicted octanol–water partition coefficient (Wildman–Crippen LogP) is 0.871. The Morgan fingerprint density at radius 1 is 1.45 bits per heavy atom. The van der Waals surface area contributed by atoms with Gasteiger partial charge in [-0.15, -0.1) is 5.10 Å². The largest absolute Gasteiger partial charge is 0.480 e. The van der Waals surface area contributed by atoms with Crippen molar-refractivity contribution >= 4 is 11.9 Å². The number of hydrogen-bond donors (Lipinski definition) is 1. The van der Waals surface area contributed by atoms with Gasteiger partial charge in [0.15, 0.2) is 5.69 Å². The Morgan fingerprint density at radius 2 is 2.15 bits per heavy atom. The van der Waals surface area contributed by atoms with Gasteiger partial charge in [0.1, 0.15) is 6.54 Å². The zero-order valence-electron chi connectivity index (χ0n) is 12.0. The lowest BCUT2D eigenvalue weighted by atomic mass is 9.80. The van der Waals surface area contributed by atoms with Crippen LogP contribution in [0.5, 0.6) is 0 Å². The first-order valence-corrected chi connectivity index (χ1v) is 6.68. The van der Waals surface area contributed by atoms with E-state index in [0.717, 1.165) is 11.1 Å². The molecule has 1 saturated heterocycles. The van der Waals surface area contributed by atoms with Gasteiger partial charge in [-0.3, -0.25) is 9.59 Å². The third-order valence-corrected chi connectivity index (χ3v) is 3.76. The molecule has 1 aliphatic rings. The van der Waals surface area contributed by atoms with Crippen LogP contribution in [0.2, 0.25) is 0 Å². The number of amides is 1.